The number of esters is 1. The summed E-state index contributed by atoms with van der Waals surface area (Å²) in [5.41, 5.74) is 1.93. The van der Waals surface area contributed by atoms with E-state index in [1.807, 2.05) is 13.0 Å². The van der Waals surface area contributed by atoms with Gasteiger partial charge in [-0.3, -0.25) is 24.0 Å². The summed E-state index contributed by atoms with van der Waals surface area (Å²) in [4.78, 5) is 107. The largest absolute Gasteiger partial charge is 0.493 e. The summed E-state index contributed by atoms with van der Waals surface area (Å²) in [5, 5.41) is 11.6. The minimum absolute atomic E-state index is 0.0392. The van der Waals surface area contributed by atoms with Gasteiger partial charge in [-0.05, 0) is 92.4 Å². The Hall–Kier alpha value is -7.17. The molecule has 63 heavy (non-hydrogen) atoms. The SMILES string of the molecule is CCCCC[C@@H](C(=O)NCNC(=O)c1ccc(-c2ccc(C(=O)N[C@@H](CC(C)=O)C(=O)OCc3ccccc3)c(OCC)c2)o1)[C@@H](CC)N(C=O)OC(=O)c1ccc(N=O)cc1C. The van der Waals surface area contributed by atoms with E-state index in [1.165, 1.54) is 43.3 Å². The summed E-state index contributed by atoms with van der Waals surface area (Å²) in [7, 11) is 0. The van der Waals surface area contributed by atoms with Gasteiger partial charge in [0, 0.05) is 12.0 Å². The lowest BCUT2D eigenvalue weighted by Crippen LogP contribution is -2.49. The molecule has 0 aliphatic heterocycles. The highest BCUT2D eigenvalue weighted by Gasteiger charge is 2.34. The zero-order valence-electron chi connectivity index (χ0n) is 36.0. The number of amides is 4. The van der Waals surface area contributed by atoms with E-state index in [9.17, 15) is 38.5 Å². The van der Waals surface area contributed by atoms with Crippen LogP contribution in [-0.4, -0.2) is 72.3 Å². The summed E-state index contributed by atoms with van der Waals surface area (Å²) >= 11 is 0. The second kappa shape index (κ2) is 24.3. The quantitative estimate of drug-likeness (QED) is 0.0155. The summed E-state index contributed by atoms with van der Waals surface area (Å²) in [6, 6.07) is 18.6. The number of hydrogen-bond acceptors (Lipinski definition) is 13. The molecule has 0 spiro atoms. The normalized spacial score (nSPS) is 12.1. The van der Waals surface area contributed by atoms with Crippen LogP contribution in [0.4, 0.5) is 5.69 Å². The van der Waals surface area contributed by atoms with Gasteiger partial charge in [0.25, 0.3) is 11.8 Å². The first-order valence-electron chi connectivity index (χ1n) is 20.7. The molecule has 3 N–H and O–H groups in total. The standard InChI is InChI=1S/C46H53N5O12/c1-6-9-11-16-35(38(7-2)51(28-52)63-45(57)34-20-18-33(50-59)23-29(34)4)42(54)47-27-48-44(56)40-22-21-39(62-40)32-17-19-36(41(25-32)60-8-3)43(55)49-37(24-30(5)53)46(58)61-26-31-14-12-10-13-15-31/h10,12-15,17-23,25,28,35,37-38H,6-9,11,16,24,26-27H2,1-5H3,(H,47,54)(H,48,56)(H,49,55)/t35-,37+,38-/m1/s1. The van der Waals surface area contributed by atoms with Crippen LogP contribution < -0.4 is 20.7 Å². The topological polar surface area (TPSA) is 229 Å². The van der Waals surface area contributed by atoms with Crippen LogP contribution in [0.2, 0.25) is 0 Å². The number of aryl methyl sites for hydroxylation is 1. The number of nitroso groups, excluding NO2 is 1. The molecule has 17 heteroatoms. The minimum Gasteiger partial charge on any atom is -0.493 e. The average molecular weight is 868 g/mol. The number of hydroxylamine groups is 2. The van der Waals surface area contributed by atoms with Crippen molar-refractivity contribution in [2.45, 2.75) is 91.8 Å². The number of ether oxygens (including phenoxy) is 2. The number of carbonyl (C=O) groups is 7. The Balaban J connectivity index is 1.41. The predicted molar refractivity (Wildman–Crippen MR) is 230 cm³/mol. The lowest BCUT2D eigenvalue weighted by molar-refractivity contribution is -0.171. The van der Waals surface area contributed by atoms with E-state index in [0.717, 1.165) is 23.5 Å². The number of nitrogens with one attached hydrogen (secondary N) is 3. The van der Waals surface area contributed by atoms with Crippen molar-refractivity contribution in [2.75, 3.05) is 13.3 Å². The molecule has 3 aromatic carbocycles. The fourth-order valence-corrected chi connectivity index (χ4v) is 6.73. The van der Waals surface area contributed by atoms with Gasteiger partial charge < -0.3 is 34.7 Å². The van der Waals surface area contributed by atoms with Gasteiger partial charge in [0.2, 0.25) is 12.3 Å². The van der Waals surface area contributed by atoms with E-state index in [2.05, 4.69) is 21.1 Å². The predicted octanol–water partition coefficient (Wildman–Crippen LogP) is 6.88. The van der Waals surface area contributed by atoms with Crippen LogP contribution in [0.15, 0.2) is 88.5 Å². The van der Waals surface area contributed by atoms with Gasteiger partial charge in [-0.15, -0.1) is 4.91 Å². The number of Topliss-reactive ketones (excluding diaryl/α,β-unsaturated/α-hetero) is 1. The van der Waals surface area contributed by atoms with Crippen molar-refractivity contribution in [1.82, 2.24) is 21.0 Å². The molecule has 4 amide bonds. The third-order valence-corrected chi connectivity index (χ3v) is 9.95. The molecule has 4 aromatic rings. The van der Waals surface area contributed by atoms with Crippen LogP contribution in [0.1, 0.15) is 109 Å². The van der Waals surface area contributed by atoms with Gasteiger partial charge >= 0.3 is 11.9 Å². The highest BCUT2D eigenvalue weighted by molar-refractivity contribution is 6.00. The Bertz CT molecular complexity index is 2240. The van der Waals surface area contributed by atoms with Gasteiger partial charge in [0.05, 0.1) is 36.4 Å². The fourth-order valence-electron chi connectivity index (χ4n) is 6.73. The molecular weight excluding hydrogens is 815 g/mol. The van der Waals surface area contributed by atoms with Crippen molar-refractivity contribution >= 4 is 47.5 Å². The summed E-state index contributed by atoms with van der Waals surface area (Å²) in [5.74, 6) is -4.25. The number of benzene rings is 3. The molecule has 0 bridgehead atoms. The van der Waals surface area contributed by atoms with E-state index in [-0.39, 0.29) is 72.6 Å². The first kappa shape index (κ1) is 48.5. The van der Waals surface area contributed by atoms with Crippen molar-refractivity contribution < 1.29 is 52.3 Å². The van der Waals surface area contributed by atoms with Gasteiger partial charge in [-0.1, -0.05) is 69.5 Å². The number of unbranched alkanes of at least 4 members (excludes halogenated alkanes) is 2. The molecule has 0 fully saturated rings. The second-order valence-corrected chi connectivity index (χ2v) is 14.6. The van der Waals surface area contributed by atoms with Gasteiger partial charge in [-0.25, -0.2) is 9.59 Å². The van der Waals surface area contributed by atoms with E-state index in [1.54, 1.807) is 57.2 Å². The second-order valence-electron chi connectivity index (χ2n) is 14.6. The van der Waals surface area contributed by atoms with Crippen molar-refractivity contribution in [1.29, 1.82) is 0 Å². The fraction of sp³-hybridized carbons (Fsp3) is 0.370. The molecule has 3 atom stereocenters. The van der Waals surface area contributed by atoms with Gasteiger partial charge in [0.1, 0.15) is 35.6 Å². The maximum Gasteiger partial charge on any atom is 0.363 e. The molecule has 0 aliphatic rings. The smallest absolute Gasteiger partial charge is 0.363 e. The maximum atomic E-state index is 13.6. The molecule has 0 saturated heterocycles. The molecule has 4 rings (SSSR count). The molecular formula is C46H53N5O12. The van der Waals surface area contributed by atoms with Crippen LogP contribution in [0, 0.1) is 17.7 Å². The van der Waals surface area contributed by atoms with E-state index < -0.39 is 47.7 Å². The van der Waals surface area contributed by atoms with Crippen LogP contribution in [0.5, 0.6) is 5.75 Å². The van der Waals surface area contributed by atoms with Crippen molar-refractivity contribution in [3.63, 3.8) is 0 Å². The van der Waals surface area contributed by atoms with Crippen LogP contribution in [0.25, 0.3) is 11.3 Å². The highest BCUT2D eigenvalue weighted by atomic mass is 16.7. The molecule has 1 heterocycles. The van der Waals surface area contributed by atoms with Gasteiger partial charge in [0.15, 0.2) is 5.76 Å². The molecule has 334 valence electrons. The lowest BCUT2D eigenvalue weighted by Gasteiger charge is -2.32. The lowest BCUT2D eigenvalue weighted by atomic mass is 9.90. The summed E-state index contributed by atoms with van der Waals surface area (Å²) in [6.45, 7) is 8.23. The molecule has 0 radical (unpaired) electrons. The minimum atomic E-state index is -1.25. The van der Waals surface area contributed by atoms with E-state index >= 15 is 0 Å². The number of furan rings is 1. The Labute approximate surface area is 365 Å². The maximum absolute atomic E-state index is 13.6. The molecule has 0 aliphatic carbocycles. The van der Waals surface area contributed by atoms with Crippen molar-refractivity contribution in [2.24, 2.45) is 11.1 Å². The van der Waals surface area contributed by atoms with E-state index in [0.29, 0.717) is 30.4 Å². The van der Waals surface area contributed by atoms with Crippen LogP contribution in [-0.2, 0) is 35.4 Å². The summed E-state index contributed by atoms with van der Waals surface area (Å²) < 4.78 is 17.0. The zero-order chi connectivity index (χ0) is 45.9. The Morgan fingerprint density at radius 3 is 2.27 bits per heavy atom. The summed E-state index contributed by atoms with van der Waals surface area (Å²) in [6.07, 6.45) is 3.00. The van der Waals surface area contributed by atoms with Crippen LogP contribution in [0.3, 0.4) is 0 Å². The number of nitrogens with zero attached hydrogens (tertiary/aromatic N) is 2. The van der Waals surface area contributed by atoms with E-state index in [4.69, 9.17) is 18.7 Å². The first-order chi connectivity index (χ1) is 30.3. The number of hydrogen-bond donors (Lipinski definition) is 3. The van der Waals surface area contributed by atoms with Gasteiger partial charge in [-0.2, -0.15) is 5.06 Å². The third-order valence-electron chi connectivity index (χ3n) is 9.95. The number of ketones is 1. The average Bonchev–Trinajstić information content (AvgIpc) is 3.78. The highest BCUT2D eigenvalue weighted by Crippen LogP contribution is 2.30. The molecule has 0 unspecified atom stereocenters. The molecule has 17 nitrogen and oxygen atoms in total. The Kier molecular flexibility index (Phi) is 18.7. The van der Waals surface area contributed by atoms with Crippen molar-refractivity contribution in [3.8, 4) is 17.1 Å². The first-order valence-corrected chi connectivity index (χ1v) is 20.7. The Morgan fingerprint density at radius 2 is 1.62 bits per heavy atom. The number of rotatable bonds is 25. The zero-order valence-corrected chi connectivity index (χ0v) is 36.0. The monoisotopic (exact) mass is 867 g/mol. The van der Waals surface area contributed by atoms with Crippen molar-refractivity contribution in [3.05, 3.63) is 112 Å². The molecule has 1 aromatic heterocycles. The van der Waals surface area contributed by atoms with Crippen LogP contribution >= 0.6 is 0 Å². The Morgan fingerprint density at radius 1 is 0.873 bits per heavy atom. The number of carbonyl (C=O) groups excluding carboxylic acids is 7. The molecule has 0 saturated carbocycles. The third kappa shape index (κ3) is 13.9.